The van der Waals surface area contributed by atoms with Crippen molar-refractivity contribution in [2.24, 2.45) is 5.73 Å². The lowest BCUT2D eigenvalue weighted by molar-refractivity contribution is -0.118. The molecule has 2 N–H and O–H groups in total. The second-order valence-electron chi connectivity index (χ2n) is 5.78. The smallest absolute Gasteiger partial charge is 0.227 e. The molecule has 0 aromatic heterocycles. The van der Waals surface area contributed by atoms with Gasteiger partial charge in [-0.25, -0.2) is 0 Å². The van der Waals surface area contributed by atoms with E-state index >= 15 is 0 Å². The Morgan fingerprint density at radius 2 is 1.83 bits per heavy atom. The molecule has 4 heteroatoms. The molecule has 0 saturated heterocycles. The van der Waals surface area contributed by atoms with Crippen molar-refractivity contribution in [3.05, 3.63) is 59.2 Å². The van der Waals surface area contributed by atoms with Gasteiger partial charge in [-0.2, -0.15) is 0 Å². The molecule has 2 aromatic rings. The van der Waals surface area contributed by atoms with Crippen LogP contribution in [-0.4, -0.2) is 19.6 Å². The first kappa shape index (κ1) is 15.6. The van der Waals surface area contributed by atoms with Gasteiger partial charge in [-0.15, -0.1) is 0 Å². The predicted octanol–water partition coefficient (Wildman–Crippen LogP) is 3.04. The minimum atomic E-state index is -0.182. The Morgan fingerprint density at radius 1 is 1.13 bits per heavy atom. The van der Waals surface area contributed by atoms with Crippen molar-refractivity contribution >= 4 is 11.6 Å². The fourth-order valence-electron chi connectivity index (χ4n) is 3.12. The number of nitrogens with two attached hydrogens (primary N) is 1. The summed E-state index contributed by atoms with van der Waals surface area (Å²) in [5.41, 5.74) is 10.8. The molecular weight excluding hydrogens is 288 g/mol. The largest absolute Gasteiger partial charge is 0.497 e. The maximum absolute atomic E-state index is 12.0. The molecule has 1 aliphatic heterocycles. The molecule has 0 radical (unpaired) electrons. The van der Waals surface area contributed by atoms with Gasteiger partial charge >= 0.3 is 0 Å². The molecule has 4 nitrogen and oxygen atoms in total. The molecule has 0 spiro atoms. The lowest BCUT2D eigenvalue weighted by atomic mass is 9.93. The van der Waals surface area contributed by atoms with Crippen LogP contribution in [-0.2, 0) is 11.2 Å². The highest BCUT2D eigenvalue weighted by Crippen LogP contribution is 2.31. The van der Waals surface area contributed by atoms with Gasteiger partial charge in [-0.05, 0) is 48.2 Å². The second-order valence-corrected chi connectivity index (χ2v) is 5.78. The molecule has 0 saturated carbocycles. The van der Waals surface area contributed by atoms with Gasteiger partial charge in [0.15, 0.2) is 0 Å². The van der Waals surface area contributed by atoms with Gasteiger partial charge in [0.05, 0.1) is 13.2 Å². The number of fused-ring (bicyclic) bond motifs is 1. The zero-order valence-electron chi connectivity index (χ0n) is 13.6. The fourth-order valence-corrected chi connectivity index (χ4v) is 3.12. The van der Waals surface area contributed by atoms with Crippen LogP contribution in [0.2, 0.25) is 0 Å². The summed E-state index contributed by atoms with van der Waals surface area (Å²) in [6.45, 7) is 2.71. The van der Waals surface area contributed by atoms with Crippen LogP contribution in [0.3, 0.4) is 0 Å². The molecule has 1 aliphatic rings. The number of benzene rings is 2. The fraction of sp³-hybridized carbons (Fsp3) is 0.316. The molecule has 1 amide bonds. The lowest BCUT2D eigenvalue weighted by Crippen LogP contribution is -2.34. The molecule has 23 heavy (non-hydrogen) atoms. The molecule has 0 aliphatic carbocycles. The zero-order chi connectivity index (χ0) is 16.4. The minimum Gasteiger partial charge on any atom is -0.497 e. The van der Waals surface area contributed by atoms with E-state index in [1.54, 1.807) is 7.11 Å². The van der Waals surface area contributed by atoms with E-state index in [0.717, 1.165) is 29.0 Å². The van der Waals surface area contributed by atoms with Crippen LogP contribution < -0.4 is 15.4 Å². The molecule has 1 atom stereocenters. The van der Waals surface area contributed by atoms with Crippen LogP contribution in [0.1, 0.15) is 36.1 Å². The second kappa shape index (κ2) is 6.42. The number of hydrogen-bond donors (Lipinski definition) is 1. The standard InChI is InChI=1S/C19H22N2O2/c1-3-21-17-10-6-15(12-14(17)7-11-18(21)22)19(20)13-4-8-16(23-2)9-5-13/h4-6,8-10,12,19H,3,7,11,20H2,1-2H3. The number of aryl methyl sites for hydroxylation is 1. The quantitative estimate of drug-likeness (QED) is 0.944. The molecule has 0 bridgehead atoms. The number of methoxy groups -OCH3 is 1. The van der Waals surface area contributed by atoms with Gasteiger partial charge in [0.2, 0.25) is 5.91 Å². The van der Waals surface area contributed by atoms with E-state index in [4.69, 9.17) is 10.5 Å². The average Bonchev–Trinajstić information content (AvgIpc) is 2.60. The van der Waals surface area contributed by atoms with Gasteiger partial charge in [0.25, 0.3) is 0 Å². The third kappa shape index (κ3) is 2.94. The van der Waals surface area contributed by atoms with Crippen molar-refractivity contribution in [1.29, 1.82) is 0 Å². The van der Waals surface area contributed by atoms with E-state index in [1.807, 2.05) is 48.2 Å². The first-order valence-electron chi connectivity index (χ1n) is 7.96. The molecule has 120 valence electrons. The number of rotatable bonds is 4. The first-order valence-corrected chi connectivity index (χ1v) is 7.96. The van der Waals surface area contributed by atoms with Crippen molar-refractivity contribution in [3.8, 4) is 5.75 Å². The molecule has 1 unspecified atom stereocenters. The number of carbonyl (C=O) groups excluding carboxylic acids is 1. The van der Waals surface area contributed by atoms with Crippen LogP contribution in [0.25, 0.3) is 0 Å². The summed E-state index contributed by atoms with van der Waals surface area (Å²) >= 11 is 0. The number of anilines is 1. The minimum absolute atomic E-state index is 0.182. The molecular formula is C19H22N2O2. The summed E-state index contributed by atoms with van der Waals surface area (Å²) in [6, 6.07) is 13.8. The Morgan fingerprint density at radius 3 is 2.48 bits per heavy atom. The third-order valence-electron chi connectivity index (χ3n) is 4.45. The highest BCUT2D eigenvalue weighted by Gasteiger charge is 2.23. The van der Waals surface area contributed by atoms with E-state index in [1.165, 1.54) is 5.56 Å². The van der Waals surface area contributed by atoms with Crippen LogP contribution >= 0.6 is 0 Å². The Labute approximate surface area is 136 Å². The third-order valence-corrected chi connectivity index (χ3v) is 4.45. The van der Waals surface area contributed by atoms with E-state index in [9.17, 15) is 4.79 Å². The predicted molar refractivity (Wildman–Crippen MR) is 91.8 cm³/mol. The van der Waals surface area contributed by atoms with Crippen molar-refractivity contribution in [2.75, 3.05) is 18.6 Å². The van der Waals surface area contributed by atoms with E-state index in [0.29, 0.717) is 13.0 Å². The van der Waals surface area contributed by atoms with Crippen molar-refractivity contribution in [2.45, 2.75) is 25.8 Å². The van der Waals surface area contributed by atoms with Crippen LogP contribution in [0.5, 0.6) is 5.75 Å². The summed E-state index contributed by atoms with van der Waals surface area (Å²) in [6.07, 6.45) is 1.36. The van der Waals surface area contributed by atoms with Gasteiger partial charge in [-0.3, -0.25) is 4.79 Å². The van der Waals surface area contributed by atoms with Crippen LogP contribution in [0, 0.1) is 0 Å². The van der Waals surface area contributed by atoms with Gasteiger partial charge in [0.1, 0.15) is 5.75 Å². The van der Waals surface area contributed by atoms with E-state index < -0.39 is 0 Å². The number of ether oxygens (including phenoxy) is 1. The Bertz CT molecular complexity index is 710. The Balaban J connectivity index is 1.90. The number of amides is 1. The molecule has 2 aromatic carbocycles. The van der Waals surface area contributed by atoms with Crippen LogP contribution in [0.15, 0.2) is 42.5 Å². The van der Waals surface area contributed by atoms with Crippen LogP contribution in [0.4, 0.5) is 5.69 Å². The van der Waals surface area contributed by atoms with Gasteiger partial charge in [-0.1, -0.05) is 24.3 Å². The van der Waals surface area contributed by atoms with Crippen molar-refractivity contribution in [3.63, 3.8) is 0 Å². The summed E-state index contributed by atoms with van der Waals surface area (Å²) in [4.78, 5) is 13.8. The summed E-state index contributed by atoms with van der Waals surface area (Å²) in [7, 11) is 1.65. The van der Waals surface area contributed by atoms with E-state index in [2.05, 4.69) is 6.07 Å². The molecule has 0 fully saturated rings. The maximum Gasteiger partial charge on any atom is 0.227 e. The summed E-state index contributed by atoms with van der Waals surface area (Å²) in [5.74, 6) is 1.02. The summed E-state index contributed by atoms with van der Waals surface area (Å²) < 4.78 is 5.18. The monoisotopic (exact) mass is 310 g/mol. The SMILES string of the molecule is CCN1C(=O)CCc2cc(C(N)c3ccc(OC)cc3)ccc21. The maximum atomic E-state index is 12.0. The number of nitrogens with zero attached hydrogens (tertiary/aromatic N) is 1. The van der Waals surface area contributed by atoms with Crippen molar-refractivity contribution in [1.82, 2.24) is 0 Å². The number of hydrogen-bond acceptors (Lipinski definition) is 3. The first-order chi connectivity index (χ1) is 11.1. The molecule has 3 rings (SSSR count). The Hall–Kier alpha value is -2.33. The van der Waals surface area contributed by atoms with Gasteiger partial charge < -0.3 is 15.4 Å². The summed E-state index contributed by atoms with van der Waals surface area (Å²) in [5, 5.41) is 0. The van der Waals surface area contributed by atoms with E-state index in [-0.39, 0.29) is 11.9 Å². The van der Waals surface area contributed by atoms with Crippen molar-refractivity contribution < 1.29 is 9.53 Å². The van der Waals surface area contributed by atoms with Gasteiger partial charge in [0, 0.05) is 18.7 Å². The normalized spacial score (nSPS) is 15.3. The molecule has 1 heterocycles. The topological polar surface area (TPSA) is 55.6 Å². The number of carbonyl (C=O) groups is 1. The zero-order valence-corrected chi connectivity index (χ0v) is 13.6. The highest BCUT2D eigenvalue weighted by atomic mass is 16.5. The highest BCUT2D eigenvalue weighted by molar-refractivity contribution is 5.96. The lowest BCUT2D eigenvalue weighted by Gasteiger charge is -2.29. The Kier molecular flexibility index (Phi) is 4.35. The average molecular weight is 310 g/mol.